The number of ketones is 1. The van der Waals surface area contributed by atoms with E-state index in [1.807, 2.05) is 0 Å². The van der Waals surface area contributed by atoms with E-state index in [9.17, 15) is 39.3 Å². The Kier molecular flexibility index (Phi) is 21.2. The fraction of sp³-hybridized carbons (Fsp3) is 0.444. The number of carboxylic acid groups (broad SMARTS) is 4. The van der Waals surface area contributed by atoms with Gasteiger partial charge in [0.1, 0.15) is 11.6 Å². The zero-order valence-corrected chi connectivity index (χ0v) is 14.6. The molecule has 0 saturated carbocycles. The number of carbonyl (C=O) groups excluding carboxylic acids is 4. The van der Waals surface area contributed by atoms with Crippen molar-refractivity contribution in [2.45, 2.75) is 25.4 Å². The molecule has 0 aliphatic carbocycles. The quantitative estimate of drug-likeness (QED) is 0.262. The fourth-order valence-corrected chi connectivity index (χ4v) is 0.696. The van der Waals surface area contributed by atoms with Crippen molar-refractivity contribution in [2.75, 3.05) is 0 Å². The molecule has 1 atom stereocenters. The number of rotatable bonds is 6. The number of hydrogen-bond donors (Lipinski definition) is 4. The maximum atomic E-state index is 10.2. The van der Waals surface area contributed by atoms with Gasteiger partial charge >= 0.3 is 35.5 Å². The molecule has 10 N–H and O–H groups in total. The molecule has 0 radical (unpaired) electrons. The standard InChI is InChI=1S/C6H8O7.C3H4O3.2H3N.Na/c7-3(8)1-6(13,5(11)12)2-4(9)10;1-2(4)3(5)6;;;/h13H,1-2H2,(H,7,8)(H,9,10)(H,11,12);1H3,(H,5,6);2*1H3;/q;;;;+1/p-1. The molecular weight excluding hydrogens is 319 g/mol. The Morgan fingerprint density at radius 2 is 1.27 bits per heavy atom. The molecule has 0 aliphatic rings. The maximum Gasteiger partial charge on any atom is 1.00 e. The fourth-order valence-electron chi connectivity index (χ4n) is 0.696. The van der Waals surface area contributed by atoms with E-state index >= 15 is 0 Å². The van der Waals surface area contributed by atoms with Crippen LogP contribution in [0.25, 0.3) is 0 Å². The topological polar surface area (TPSA) is 268 Å². The van der Waals surface area contributed by atoms with Crippen LogP contribution in [0.1, 0.15) is 19.8 Å². The van der Waals surface area contributed by atoms with Crippen LogP contribution in [-0.2, 0) is 24.0 Å². The Morgan fingerprint density at radius 3 is 1.41 bits per heavy atom. The first kappa shape index (κ1) is 32.4. The molecule has 13 heteroatoms. The van der Waals surface area contributed by atoms with Crippen LogP contribution in [0.5, 0.6) is 0 Å². The van der Waals surface area contributed by atoms with E-state index in [-0.39, 0.29) is 41.9 Å². The average molecular weight is 336 g/mol. The molecule has 0 bridgehead atoms. The molecule has 22 heavy (non-hydrogen) atoms. The van der Waals surface area contributed by atoms with Crippen molar-refractivity contribution in [1.29, 1.82) is 0 Å². The Bertz CT molecular complexity index is 383. The third-order valence-corrected chi connectivity index (χ3v) is 1.55. The molecule has 0 saturated heterocycles. The van der Waals surface area contributed by atoms with E-state index in [4.69, 9.17) is 10.2 Å². The number of Topliss-reactive ketones (excluding diaryl/α,β-unsaturated/α-hetero) is 1. The monoisotopic (exact) mass is 336 g/mol. The Labute approximate surface area is 146 Å². The molecular formula is C9H17N2NaO10. The minimum atomic E-state index is -2.91. The minimum absolute atomic E-state index is 0. The summed E-state index contributed by atoms with van der Waals surface area (Å²) in [6.07, 6.45) is -2.56. The molecule has 12 nitrogen and oxygen atoms in total. The summed E-state index contributed by atoms with van der Waals surface area (Å²) in [4.78, 5) is 48.9. The molecule has 124 valence electrons. The van der Waals surface area contributed by atoms with Gasteiger partial charge in [-0.3, -0.25) is 9.59 Å². The number of aliphatic carboxylic acids is 4. The van der Waals surface area contributed by atoms with E-state index < -0.39 is 48.1 Å². The summed E-state index contributed by atoms with van der Waals surface area (Å²) in [5.41, 5.74) is -2.91. The predicted octanol–water partition coefficient (Wildman–Crippen LogP) is -7.84. The Balaban J connectivity index is -0.0000000933. The summed E-state index contributed by atoms with van der Waals surface area (Å²) < 4.78 is 0. The van der Waals surface area contributed by atoms with Crippen molar-refractivity contribution in [2.24, 2.45) is 0 Å². The van der Waals surface area contributed by atoms with Crippen LogP contribution in [0.4, 0.5) is 0 Å². The number of aliphatic hydroxyl groups is 1. The van der Waals surface area contributed by atoms with Crippen molar-refractivity contribution < 1.29 is 79.1 Å². The van der Waals surface area contributed by atoms with Crippen LogP contribution in [0.3, 0.4) is 0 Å². The summed E-state index contributed by atoms with van der Waals surface area (Å²) in [6, 6.07) is 0. The number of quaternary nitrogens is 2. The predicted molar refractivity (Wildman–Crippen MR) is 59.5 cm³/mol. The largest absolute Gasteiger partial charge is 1.00 e. The van der Waals surface area contributed by atoms with E-state index in [0.717, 1.165) is 6.92 Å². The van der Waals surface area contributed by atoms with E-state index in [1.54, 1.807) is 0 Å². The number of hydrogen-bond acceptors (Lipinski definition) is 9. The van der Waals surface area contributed by atoms with Gasteiger partial charge in [0, 0.05) is 19.3 Å². The maximum absolute atomic E-state index is 10.2. The normalized spacial score (nSPS) is 10.6. The molecule has 1 unspecified atom stereocenters. The Morgan fingerprint density at radius 1 is 0.955 bits per heavy atom. The van der Waals surface area contributed by atoms with Gasteiger partial charge in [-0.2, -0.15) is 0 Å². The summed E-state index contributed by atoms with van der Waals surface area (Å²) in [5, 5.41) is 46.5. The molecule has 0 amide bonds. The van der Waals surface area contributed by atoms with E-state index in [0.29, 0.717) is 0 Å². The minimum Gasteiger partial charge on any atom is -0.550 e. The third-order valence-electron chi connectivity index (χ3n) is 1.55. The summed E-state index contributed by atoms with van der Waals surface area (Å²) in [6.45, 7) is 0.940. The van der Waals surface area contributed by atoms with Crippen LogP contribution < -0.4 is 57.2 Å². The zero-order valence-electron chi connectivity index (χ0n) is 12.6. The van der Waals surface area contributed by atoms with Gasteiger partial charge in [0.25, 0.3) is 0 Å². The summed E-state index contributed by atoms with van der Waals surface area (Å²) in [7, 11) is 0. The van der Waals surface area contributed by atoms with Crippen molar-refractivity contribution >= 4 is 29.7 Å². The summed E-state index contributed by atoms with van der Waals surface area (Å²) >= 11 is 0. The molecule has 0 aromatic heterocycles. The van der Waals surface area contributed by atoms with Crippen LogP contribution in [0.2, 0.25) is 0 Å². The average Bonchev–Trinajstić information content (AvgIpc) is 2.14. The first-order valence-electron chi connectivity index (χ1n) is 4.49. The van der Waals surface area contributed by atoms with Crippen molar-refractivity contribution in [3.63, 3.8) is 0 Å². The Hall–Kier alpha value is -1.57. The van der Waals surface area contributed by atoms with Gasteiger partial charge in [-0.15, -0.1) is 0 Å². The second-order valence-corrected chi connectivity index (χ2v) is 3.28. The second-order valence-electron chi connectivity index (χ2n) is 3.28. The van der Waals surface area contributed by atoms with Crippen LogP contribution in [0.15, 0.2) is 0 Å². The smallest absolute Gasteiger partial charge is 0.550 e. The van der Waals surface area contributed by atoms with E-state index in [2.05, 4.69) is 0 Å². The van der Waals surface area contributed by atoms with Crippen molar-refractivity contribution in [3.8, 4) is 0 Å². The van der Waals surface area contributed by atoms with Gasteiger partial charge in [-0.25, -0.2) is 0 Å². The van der Waals surface area contributed by atoms with Gasteiger partial charge in [0.2, 0.25) is 0 Å². The molecule has 0 rings (SSSR count). The van der Waals surface area contributed by atoms with Crippen molar-refractivity contribution in [3.05, 3.63) is 0 Å². The van der Waals surface area contributed by atoms with Gasteiger partial charge < -0.3 is 52.2 Å². The van der Waals surface area contributed by atoms with Crippen LogP contribution in [-0.4, -0.2) is 45.5 Å². The molecule has 0 aromatic carbocycles. The van der Waals surface area contributed by atoms with Gasteiger partial charge in [0.05, 0.1) is 12.4 Å². The number of carbonyl (C=O) groups is 5. The zero-order chi connectivity index (χ0) is 15.8. The van der Waals surface area contributed by atoms with E-state index in [1.165, 1.54) is 0 Å². The summed E-state index contributed by atoms with van der Waals surface area (Å²) in [5.74, 6) is -8.23. The van der Waals surface area contributed by atoms with Crippen LogP contribution in [0, 0.1) is 0 Å². The number of carboxylic acids is 4. The first-order chi connectivity index (χ1) is 8.42. The van der Waals surface area contributed by atoms with Gasteiger partial charge in [0.15, 0.2) is 5.78 Å². The molecule has 0 heterocycles. The molecule has 0 aromatic rings. The third kappa shape index (κ3) is 16.5. The molecule has 0 spiro atoms. The second kappa shape index (κ2) is 14.4. The molecule has 0 aliphatic heterocycles. The molecule has 0 fully saturated rings. The SMILES string of the molecule is CC(=O)C(=O)[O-].O=C([O-])CC(O)(CC(=O)O)C(=O)[O-].[NH4+].[NH4+].[Na+]. The van der Waals surface area contributed by atoms with Crippen LogP contribution >= 0.6 is 0 Å². The first-order valence-corrected chi connectivity index (χ1v) is 4.49. The van der Waals surface area contributed by atoms with Gasteiger partial charge in [-0.1, -0.05) is 0 Å². The van der Waals surface area contributed by atoms with Gasteiger partial charge in [-0.05, 0) is 0 Å². The van der Waals surface area contributed by atoms with Crippen molar-refractivity contribution in [1.82, 2.24) is 12.3 Å².